The van der Waals surface area contributed by atoms with Gasteiger partial charge >= 0.3 is 0 Å². The summed E-state index contributed by atoms with van der Waals surface area (Å²) in [6, 6.07) is 11.5. The molecule has 0 aliphatic rings. The van der Waals surface area contributed by atoms with Crippen molar-refractivity contribution in [1.29, 1.82) is 0 Å². The van der Waals surface area contributed by atoms with E-state index in [1.54, 1.807) is 19.1 Å². The van der Waals surface area contributed by atoms with Gasteiger partial charge in [-0.1, -0.05) is 26.8 Å². The molecule has 0 aliphatic heterocycles. The van der Waals surface area contributed by atoms with Crippen LogP contribution in [-0.4, -0.2) is 50.7 Å². The Morgan fingerprint density at radius 1 is 1.11 bits per heavy atom. The summed E-state index contributed by atoms with van der Waals surface area (Å²) >= 11 is 0. The van der Waals surface area contributed by atoms with E-state index < -0.39 is 27.9 Å². The van der Waals surface area contributed by atoms with Gasteiger partial charge in [-0.3, -0.25) is 4.79 Å². The van der Waals surface area contributed by atoms with Crippen LogP contribution in [0.15, 0.2) is 53.6 Å². The van der Waals surface area contributed by atoms with Crippen LogP contribution in [0.2, 0.25) is 0 Å². The number of nitrogens with zero attached hydrogens (tertiary/aromatic N) is 2. The van der Waals surface area contributed by atoms with Gasteiger partial charge in [0, 0.05) is 27.3 Å². The second kappa shape index (κ2) is 12.8. The molecular weight excluding hydrogens is 513 g/mol. The molecule has 1 amide bonds. The van der Waals surface area contributed by atoms with Gasteiger partial charge in [0.15, 0.2) is 5.03 Å². The van der Waals surface area contributed by atoms with E-state index in [-0.39, 0.29) is 31.8 Å². The summed E-state index contributed by atoms with van der Waals surface area (Å²) in [6.45, 7) is 8.09. The van der Waals surface area contributed by atoms with Crippen LogP contribution in [0.5, 0.6) is 11.6 Å². The van der Waals surface area contributed by atoms with Crippen molar-refractivity contribution in [3.05, 3.63) is 65.6 Å². The number of ether oxygens (including phenoxy) is 3. The Morgan fingerprint density at radius 2 is 1.87 bits per heavy atom. The average Bonchev–Trinajstić information content (AvgIpc) is 2.86. The Hall–Kier alpha value is -3.57. The quantitative estimate of drug-likeness (QED) is 0.334. The number of carbonyl (C=O) groups is 1. The van der Waals surface area contributed by atoms with Crippen molar-refractivity contribution in [2.75, 3.05) is 20.3 Å². The maximum absolute atomic E-state index is 14.4. The Bertz CT molecular complexity index is 1390. The number of aromatic nitrogens is 2. The molecular formula is C27H36FN3O6S. The Morgan fingerprint density at radius 3 is 2.53 bits per heavy atom. The van der Waals surface area contributed by atoms with E-state index in [2.05, 4.69) is 9.97 Å². The van der Waals surface area contributed by atoms with Gasteiger partial charge in [0.05, 0.1) is 18.9 Å². The van der Waals surface area contributed by atoms with Gasteiger partial charge in [-0.2, -0.15) is 8.42 Å². The highest BCUT2D eigenvalue weighted by Gasteiger charge is 2.25. The summed E-state index contributed by atoms with van der Waals surface area (Å²) in [5.41, 5.74) is 1.07. The van der Waals surface area contributed by atoms with E-state index in [9.17, 15) is 17.6 Å². The lowest BCUT2D eigenvalue weighted by Gasteiger charge is -2.19. The van der Waals surface area contributed by atoms with Crippen molar-refractivity contribution in [3.63, 3.8) is 0 Å². The van der Waals surface area contributed by atoms with Crippen LogP contribution < -0.4 is 14.2 Å². The third kappa shape index (κ3) is 7.72. The summed E-state index contributed by atoms with van der Waals surface area (Å²) in [5, 5.41) is -0.294. The highest BCUT2D eigenvalue weighted by atomic mass is 32.2. The molecule has 0 spiro atoms. The van der Waals surface area contributed by atoms with E-state index in [0.717, 1.165) is 0 Å². The van der Waals surface area contributed by atoms with Crippen LogP contribution in [0.3, 0.4) is 0 Å². The molecule has 11 heteroatoms. The number of methoxy groups -OCH3 is 1. The number of hydrogen-bond acceptors (Lipinski definition) is 8. The lowest BCUT2D eigenvalue weighted by atomic mass is 10.1. The molecule has 1 unspecified atom stereocenters. The molecule has 3 aromatic rings. The van der Waals surface area contributed by atoms with Crippen molar-refractivity contribution in [2.24, 2.45) is 5.92 Å². The van der Waals surface area contributed by atoms with Crippen LogP contribution >= 0.6 is 0 Å². The first-order valence-corrected chi connectivity index (χ1v) is 13.6. The smallest absolute Gasteiger partial charge is 0.281 e. The predicted molar refractivity (Wildman–Crippen MR) is 144 cm³/mol. The number of rotatable bonds is 12. The van der Waals surface area contributed by atoms with Crippen molar-refractivity contribution >= 4 is 15.9 Å². The molecule has 0 radical (unpaired) electrons. The van der Waals surface area contributed by atoms with Crippen LogP contribution in [0, 0.1) is 18.7 Å². The van der Waals surface area contributed by atoms with Gasteiger partial charge < -0.3 is 14.2 Å². The number of pyridine rings is 2. The zero-order chi connectivity index (χ0) is 27.9. The zero-order valence-electron chi connectivity index (χ0n) is 22.0. The SMILES string of the molecule is CCC(COC)Oc1nc(-c2cc(F)cc(OCC(C)C)c2)ccc1C(=O)NS(=O)(=O)c1cccc(C)n1.[HH].[HH]. The first kappa shape index (κ1) is 29.0. The number of carbonyl (C=O) groups excluding carboxylic acids is 1. The Labute approximate surface area is 225 Å². The number of halogens is 1. The molecule has 1 aromatic carbocycles. The highest BCUT2D eigenvalue weighted by Crippen LogP contribution is 2.29. The van der Waals surface area contributed by atoms with Gasteiger partial charge in [0.1, 0.15) is 23.2 Å². The monoisotopic (exact) mass is 549 g/mol. The van der Waals surface area contributed by atoms with E-state index in [1.165, 1.54) is 43.5 Å². The maximum atomic E-state index is 14.4. The maximum Gasteiger partial charge on any atom is 0.281 e. The number of sulfonamides is 1. The topological polar surface area (TPSA) is 117 Å². The molecule has 0 saturated carbocycles. The summed E-state index contributed by atoms with van der Waals surface area (Å²) in [4.78, 5) is 21.6. The van der Waals surface area contributed by atoms with E-state index in [1.807, 2.05) is 25.5 Å². The minimum atomic E-state index is -4.26. The molecule has 0 aliphatic carbocycles. The van der Waals surface area contributed by atoms with Gasteiger partial charge in [-0.15, -0.1) is 0 Å². The number of hydrogen-bond donors (Lipinski definition) is 1. The van der Waals surface area contributed by atoms with Crippen LogP contribution in [0.25, 0.3) is 11.3 Å². The minimum absolute atomic E-state index is 0. The number of amides is 1. The number of aryl methyl sites for hydroxylation is 1. The third-order valence-corrected chi connectivity index (χ3v) is 6.54. The second-order valence-electron chi connectivity index (χ2n) is 9.08. The summed E-state index contributed by atoms with van der Waals surface area (Å²) < 4.78 is 58.8. The van der Waals surface area contributed by atoms with Gasteiger partial charge in [0.2, 0.25) is 5.88 Å². The third-order valence-electron chi connectivity index (χ3n) is 5.31. The molecule has 38 heavy (non-hydrogen) atoms. The van der Waals surface area contributed by atoms with Crippen LogP contribution in [0.4, 0.5) is 4.39 Å². The second-order valence-corrected chi connectivity index (χ2v) is 10.7. The van der Waals surface area contributed by atoms with Gasteiger partial charge in [0.25, 0.3) is 15.9 Å². The van der Waals surface area contributed by atoms with E-state index in [0.29, 0.717) is 35.7 Å². The standard InChI is InChI=1S/C27H32FN3O6S.2H2/c1-6-21(16-35-5)37-27-23(26(32)31-38(33,34)25-9-7-8-18(4)29-25)10-11-24(30-27)19-12-20(28)14-22(13-19)36-15-17(2)3;;/h7-14,17,21H,6,15-16H2,1-5H3,(H,31,32);2*1H. The average molecular weight is 550 g/mol. The fraction of sp³-hybridized carbons (Fsp3) is 0.370. The van der Waals surface area contributed by atoms with Gasteiger partial charge in [-0.05, 0) is 55.7 Å². The molecule has 0 fully saturated rings. The van der Waals surface area contributed by atoms with Crippen LogP contribution in [0.1, 0.15) is 46.1 Å². The van der Waals surface area contributed by atoms with Crippen LogP contribution in [-0.2, 0) is 14.8 Å². The predicted octanol–water partition coefficient (Wildman–Crippen LogP) is 5.04. The van der Waals surface area contributed by atoms with E-state index >= 15 is 0 Å². The molecule has 0 saturated heterocycles. The molecule has 208 valence electrons. The summed E-state index contributed by atoms with van der Waals surface area (Å²) in [5.74, 6) is -1.01. The highest BCUT2D eigenvalue weighted by molar-refractivity contribution is 7.90. The molecule has 2 heterocycles. The van der Waals surface area contributed by atoms with Crippen molar-refractivity contribution in [2.45, 2.75) is 45.2 Å². The van der Waals surface area contributed by atoms with Crippen molar-refractivity contribution in [1.82, 2.24) is 14.7 Å². The lowest BCUT2D eigenvalue weighted by molar-refractivity contribution is 0.0738. The van der Waals surface area contributed by atoms with Crippen molar-refractivity contribution < 1.29 is 34.7 Å². The Balaban J connectivity index is 0.00000400. The minimum Gasteiger partial charge on any atom is -0.493 e. The first-order chi connectivity index (χ1) is 18.0. The summed E-state index contributed by atoms with van der Waals surface area (Å²) in [6.07, 6.45) is 0.0567. The van der Waals surface area contributed by atoms with Gasteiger partial charge in [-0.25, -0.2) is 19.1 Å². The summed E-state index contributed by atoms with van der Waals surface area (Å²) in [7, 11) is -2.75. The molecule has 9 nitrogen and oxygen atoms in total. The largest absolute Gasteiger partial charge is 0.493 e. The first-order valence-electron chi connectivity index (χ1n) is 12.1. The fourth-order valence-corrected chi connectivity index (χ4v) is 4.38. The molecule has 1 N–H and O–H groups in total. The number of nitrogens with one attached hydrogen (secondary N) is 1. The number of benzene rings is 1. The Kier molecular flexibility index (Phi) is 9.76. The van der Waals surface area contributed by atoms with E-state index in [4.69, 9.17) is 14.2 Å². The molecule has 0 bridgehead atoms. The lowest BCUT2D eigenvalue weighted by Crippen LogP contribution is -2.32. The normalized spacial score (nSPS) is 12.3. The van der Waals surface area contributed by atoms with Crippen molar-refractivity contribution in [3.8, 4) is 22.9 Å². The molecule has 3 rings (SSSR count). The fourth-order valence-electron chi connectivity index (χ4n) is 3.40. The molecule has 1 atom stereocenters. The zero-order valence-corrected chi connectivity index (χ0v) is 22.8. The molecule has 2 aromatic heterocycles.